The molecule has 11 nitrogen and oxygen atoms in total. The Morgan fingerprint density at radius 2 is 0.893 bits per heavy atom. The predicted molar refractivity (Wildman–Crippen MR) is 311 cm³/mol. The van der Waals surface area contributed by atoms with Gasteiger partial charge in [0.2, 0.25) is 5.91 Å². The minimum atomic E-state index is -1.57. The number of nitrogens with one attached hydrogen (secondary N) is 1. The number of rotatable bonds is 55. The van der Waals surface area contributed by atoms with Gasteiger partial charge in [-0.05, 0) is 64.2 Å². The fourth-order valence-corrected chi connectivity index (χ4v) is 9.94. The minimum absolute atomic E-state index is 0.000575. The molecule has 440 valence electrons. The lowest BCUT2D eigenvalue weighted by Gasteiger charge is -2.40. The Morgan fingerprint density at radius 3 is 1.35 bits per heavy atom. The molecule has 1 amide bonds. The summed E-state index contributed by atoms with van der Waals surface area (Å²) < 4.78 is 16.7. The lowest BCUT2D eigenvalue weighted by Crippen LogP contribution is -2.60. The Labute approximate surface area is 460 Å². The van der Waals surface area contributed by atoms with Crippen molar-refractivity contribution >= 4 is 11.9 Å². The van der Waals surface area contributed by atoms with Gasteiger partial charge in [0.05, 0.1) is 32.0 Å². The lowest BCUT2D eigenvalue weighted by atomic mass is 9.99. The minimum Gasteiger partial charge on any atom is -0.466 e. The average Bonchev–Trinajstić information content (AvgIpc) is 3.41. The highest BCUT2D eigenvalue weighted by atomic mass is 16.7. The third kappa shape index (κ3) is 43.4. The number of unbranched alkanes of at least 4 members (excludes halogenated alkanes) is 37. The summed E-state index contributed by atoms with van der Waals surface area (Å²) in [5, 5.41) is 54.2. The Hall–Kier alpha value is -2.12. The molecule has 1 saturated heterocycles. The number of allylic oxidation sites excluding steroid dienone is 5. The van der Waals surface area contributed by atoms with Crippen LogP contribution in [0.3, 0.4) is 0 Å². The largest absolute Gasteiger partial charge is 0.466 e. The summed E-state index contributed by atoms with van der Waals surface area (Å²) >= 11 is 0. The van der Waals surface area contributed by atoms with Gasteiger partial charge in [0, 0.05) is 12.8 Å². The molecule has 0 bridgehead atoms. The van der Waals surface area contributed by atoms with E-state index in [4.69, 9.17) is 14.2 Å². The van der Waals surface area contributed by atoms with E-state index in [1.165, 1.54) is 205 Å². The van der Waals surface area contributed by atoms with Crippen molar-refractivity contribution in [2.24, 2.45) is 0 Å². The molecule has 0 aromatic rings. The van der Waals surface area contributed by atoms with Crippen LogP contribution in [0.15, 0.2) is 36.5 Å². The van der Waals surface area contributed by atoms with Gasteiger partial charge in [-0.15, -0.1) is 0 Å². The van der Waals surface area contributed by atoms with Crippen molar-refractivity contribution in [2.45, 2.75) is 339 Å². The van der Waals surface area contributed by atoms with Crippen LogP contribution in [0.4, 0.5) is 0 Å². The third-order valence-electron chi connectivity index (χ3n) is 15.0. The molecule has 7 unspecified atom stereocenters. The van der Waals surface area contributed by atoms with E-state index in [1.807, 2.05) is 6.08 Å². The van der Waals surface area contributed by atoms with E-state index < -0.39 is 49.5 Å². The highest BCUT2D eigenvalue weighted by Crippen LogP contribution is 2.23. The summed E-state index contributed by atoms with van der Waals surface area (Å²) in [6.45, 7) is 4.32. The van der Waals surface area contributed by atoms with E-state index in [0.717, 1.165) is 64.2 Å². The van der Waals surface area contributed by atoms with Gasteiger partial charge in [-0.1, -0.05) is 256 Å². The Morgan fingerprint density at radius 1 is 0.493 bits per heavy atom. The van der Waals surface area contributed by atoms with Gasteiger partial charge in [0.15, 0.2) is 6.29 Å². The second kappa shape index (κ2) is 53.9. The Bertz CT molecular complexity index is 1340. The number of carbonyl (C=O) groups is 2. The monoisotopic (exact) mass is 1060 g/mol. The van der Waals surface area contributed by atoms with Crippen LogP contribution in [0.1, 0.15) is 296 Å². The smallest absolute Gasteiger partial charge is 0.305 e. The van der Waals surface area contributed by atoms with Crippen LogP contribution >= 0.6 is 0 Å². The van der Waals surface area contributed by atoms with Crippen LogP contribution in [0.5, 0.6) is 0 Å². The molecule has 1 rings (SSSR count). The molecule has 1 aliphatic rings. The second-order valence-electron chi connectivity index (χ2n) is 22.1. The first-order chi connectivity index (χ1) is 36.7. The SMILES string of the molecule is CCCCCCCCC/C=C/C(O)C(COC1OC(CO)C(O)C(O)C1O)NC(=O)CCCCCCCCCCCCC/C=C\C/C=C\CCCCCCCCCCCOC(=O)CCCCCCCCCCCCC. The molecule has 1 heterocycles. The molecule has 1 aliphatic heterocycles. The number of aliphatic hydroxyl groups excluding tert-OH is 5. The molecular weight excluding hydrogens is 943 g/mol. The Kier molecular flexibility index (Phi) is 50.9. The number of ether oxygens (including phenoxy) is 3. The molecule has 7 atom stereocenters. The first-order valence-electron chi connectivity index (χ1n) is 31.8. The second-order valence-corrected chi connectivity index (χ2v) is 22.1. The zero-order chi connectivity index (χ0) is 54.5. The quantitative estimate of drug-likeness (QED) is 0.0195. The van der Waals surface area contributed by atoms with Crippen molar-refractivity contribution in [3.05, 3.63) is 36.5 Å². The molecule has 75 heavy (non-hydrogen) atoms. The fraction of sp³-hybridized carbons (Fsp3) is 0.875. The Balaban J connectivity index is 1.99. The van der Waals surface area contributed by atoms with Crippen LogP contribution in [0, 0.1) is 0 Å². The van der Waals surface area contributed by atoms with E-state index in [-0.39, 0.29) is 18.5 Å². The molecule has 0 aliphatic carbocycles. The summed E-state index contributed by atoms with van der Waals surface area (Å²) in [6, 6.07) is -0.811. The molecule has 11 heteroatoms. The van der Waals surface area contributed by atoms with E-state index in [9.17, 15) is 35.1 Å². The van der Waals surface area contributed by atoms with Gasteiger partial charge >= 0.3 is 5.97 Å². The fourth-order valence-electron chi connectivity index (χ4n) is 9.94. The molecule has 0 radical (unpaired) electrons. The first-order valence-corrected chi connectivity index (χ1v) is 31.8. The van der Waals surface area contributed by atoms with E-state index >= 15 is 0 Å². The van der Waals surface area contributed by atoms with Crippen molar-refractivity contribution in [1.82, 2.24) is 5.32 Å². The van der Waals surface area contributed by atoms with Crippen LogP contribution in [0.2, 0.25) is 0 Å². The lowest BCUT2D eigenvalue weighted by molar-refractivity contribution is -0.302. The van der Waals surface area contributed by atoms with Crippen molar-refractivity contribution in [2.75, 3.05) is 19.8 Å². The van der Waals surface area contributed by atoms with E-state index in [0.29, 0.717) is 19.4 Å². The maximum absolute atomic E-state index is 13.0. The molecule has 0 aromatic carbocycles. The maximum atomic E-state index is 13.0. The zero-order valence-electron chi connectivity index (χ0n) is 48.5. The van der Waals surface area contributed by atoms with E-state index in [2.05, 4.69) is 43.5 Å². The zero-order valence-corrected chi connectivity index (χ0v) is 48.5. The van der Waals surface area contributed by atoms with Crippen LogP contribution < -0.4 is 5.32 Å². The van der Waals surface area contributed by atoms with Crippen LogP contribution in [-0.2, 0) is 23.8 Å². The van der Waals surface area contributed by atoms with Crippen LogP contribution in [-0.4, -0.2) is 100 Å². The van der Waals surface area contributed by atoms with Gasteiger partial charge in [0.25, 0.3) is 0 Å². The highest BCUT2D eigenvalue weighted by molar-refractivity contribution is 5.76. The summed E-state index contributed by atoms with van der Waals surface area (Å²) in [5.74, 6) is -0.186. The number of carbonyl (C=O) groups excluding carboxylic acids is 2. The average molecular weight is 1060 g/mol. The molecule has 0 spiro atoms. The van der Waals surface area contributed by atoms with Gasteiger partial charge in [-0.25, -0.2) is 0 Å². The number of hydrogen-bond donors (Lipinski definition) is 6. The summed E-state index contributed by atoms with van der Waals surface area (Å²) in [4.78, 5) is 25.0. The van der Waals surface area contributed by atoms with Gasteiger partial charge in [-0.3, -0.25) is 9.59 Å². The molecular formula is C64H119NO10. The van der Waals surface area contributed by atoms with Crippen molar-refractivity contribution in [1.29, 1.82) is 0 Å². The number of aliphatic hydroxyl groups is 5. The number of esters is 1. The highest BCUT2D eigenvalue weighted by Gasteiger charge is 2.44. The molecule has 0 saturated carbocycles. The number of amides is 1. The third-order valence-corrected chi connectivity index (χ3v) is 15.0. The molecule has 0 aromatic heterocycles. The molecule has 6 N–H and O–H groups in total. The summed E-state index contributed by atoms with van der Waals surface area (Å²) in [6.07, 6.45) is 57.0. The predicted octanol–water partition coefficient (Wildman–Crippen LogP) is 15.1. The maximum Gasteiger partial charge on any atom is 0.305 e. The molecule has 1 fully saturated rings. The first kappa shape index (κ1) is 70.9. The number of hydrogen-bond acceptors (Lipinski definition) is 10. The topological polar surface area (TPSA) is 175 Å². The normalized spacial score (nSPS) is 18.9. The van der Waals surface area contributed by atoms with Crippen molar-refractivity contribution in [3.63, 3.8) is 0 Å². The van der Waals surface area contributed by atoms with E-state index in [1.54, 1.807) is 6.08 Å². The van der Waals surface area contributed by atoms with Crippen molar-refractivity contribution in [3.8, 4) is 0 Å². The van der Waals surface area contributed by atoms with Gasteiger partial charge < -0.3 is 45.1 Å². The summed E-state index contributed by atoms with van der Waals surface area (Å²) in [7, 11) is 0. The van der Waals surface area contributed by atoms with Crippen LogP contribution in [0.25, 0.3) is 0 Å². The van der Waals surface area contributed by atoms with Gasteiger partial charge in [0.1, 0.15) is 24.4 Å². The van der Waals surface area contributed by atoms with Gasteiger partial charge in [-0.2, -0.15) is 0 Å². The standard InChI is InChI=1S/C64H119NO10/c1-3-5-7-9-11-13-31-36-40-44-48-52-60(69)73-53-49-45-41-37-33-30-28-26-24-22-20-18-16-14-15-17-19-21-23-25-27-29-32-35-39-43-47-51-59(68)65-56(57(67)50-46-42-38-34-12-10-8-6-4-2)55-74-64-63(72)62(71)61(70)58(54-66)75-64/h14-15,18,20,46,50,56-58,61-64,66-67,70-72H,3-13,16-17,19,21-45,47-49,51-55H2,1-2H3,(H,65,68)/b15-14-,20-18-,50-46+. The summed E-state index contributed by atoms with van der Waals surface area (Å²) in [5.41, 5.74) is 0. The van der Waals surface area contributed by atoms with Crippen molar-refractivity contribution < 1.29 is 49.3 Å².